The van der Waals surface area contributed by atoms with Gasteiger partial charge in [-0.3, -0.25) is 4.99 Å². The van der Waals surface area contributed by atoms with Gasteiger partial charge in [-0.2, -0.15) is 13.2 Å². The van der Waals surface area contributed by atoms with Crippen molar-refractivity contribution < 1.29 is 13.2 Å². The fourth-order valence-electron chi connectivity index (χ4n) is 1.40. The minimum absolute atomic E-state index is 0. The molecule has 0 aliphatic rings. The summed E-state index contributed by atoms with van der Waals surface area (Å²) in [4.78, 5) is 11.6. The van der Waals surface area contributed by atoms with E-state index in [-0.39, 0.29) is 30.5 Å². The van der Waals surface area contributed by atoms with E-state index < -0.39 is 11.9 Å². The molecule has 0 fully saturated rings. The van der Waals surface area contributed by atoms with Gasteiger partial charge in [0.05, 0.1) is 13.1 Å². The third-order valence-electron chi connectivity index (χ3n) is 2.36. The molecule has 0 spiro atoms. The van der Waals surface area contributed by atoms with E-state index in [2.05, 4.69) is 25.6 Å². The Kier molecular flexibility index (Phi) is 7.48. The number of hydrogen-bond donors (Lipinski definition) is 2. The molecule has 122 valence electrons. The lowest BCUT2D eigenvalue weighted by Gasteiger charge is -2.09. The molecule has 2 rings (SSSR count). The van der Waals surface area contributed by atoms with Crippen LogP contribution >= 0.6 is 46.7 Å². The van der Waals surface area contributed by atoms with Crippen molar-refractivity contribution in [3.63, 3.8) is 0 Å². The Labute approximate surface area is 150 Å². The molecule has 2 aromatic rings. The molecule has 22 heavy (non-hydrogen) atoms. The number of alkyl halides is 3. The first-order valence-corrected chi connectivity index (χ1v) is 7.59. The van der Waals surface area contributed by atoms with Crippen molar-refractivity contribution in [2.75, 3.05) is 7.05 Å². The van der Waals surface area contributed by atoms with Crippen molar-refractivity contribution in [1.82, 2.24) is 20.6 Å². The van der Waals surface area contributed by atoms with E-state index in [1.807, 2.05) is 5.38 Å². The fraction of sp³-hybridized carbons (Fsp3) is 0.364. The summed E-state index contributed by atoms with van der Waals surface area (Å²) in [7, 11) is 1.58. The molecule has 0 radical (unpaired) electrons. The highest BCUT2D eigenvalue weighted by molar-refractivity contribution is 14.0. The summed E-state index contributed by atoms with van der Waals surface area (Å²) in [5, 5.41) is 10.0. The molecule has 2 N–H and O–H groups in total. The molecule has 0 aliphatic carbocycles. The standard InChI is InChI=1S/C11H12F3N5S2.HI/c1-15-10(17-4-8-16-2-3-20-8)18-5-9-19-7(6-21-9)11(12,13)14;/h2-3,6H,4-5H2,1H3,(H2,15,17,18);1H. The number of rotatable bonds is 4. The quantitative estimate of drug-likeness (QED) is 0.416. The highest BCUT2D eigenvalue weighted by Crippen LogP contribution is 2.29. The molecule has 11 heteroatoms. The molecule has 2 aromatic heterocycles. The Morgan fingerprint density at radius 1 is 1.23 bits per heavy atom. The van der Waals surface area contributed by atoms with Gasteiger partial charge in [-0.1, -0.05) is 0 Å². The average molecular weight is 463 g/mol. The summed E-state index contributed by atoms with van der Waals surface area (Å²) in [6.07, 6.45) is -2.70. The zero-order chi connectivity index (χ0) is 15.3. The minimum Gasteiger partial charge on any atom is -0.350 e. The predicted octanol–water partition coefficient (Wildman–Crippen LogP) is 3.10. The molecule has 2 heterocycles. The average Bonchev–Trinajstić information content (AvgIpc) is 3.09. The van der Waals surface area contributed by atoms with Crippen molar-refractivity contribution in [3.05, 3.63) is 32.7 Å². The van der Waals surface area contributed by atoms with Crippen LogP contribution in [0.2, 0.25) is 0 Å². The topological polar surface area (TPSA) is 62.2 Å². The number of aromatic nitrogens is 2. The second-order valence-electron chi connectivity index (χ2n) is 3.83. The second kappa shape index (κ2) is 8.62. The lowest BCUT2D eigenvalue weighted by atomic mass is 10.5. The van der Waals surface area contributed by atoms with Gasteiger partial charge in [0.25, 0.3) is 0 Å². The Morgan fingerprint density at radius 2 is 1.91 bits per heavy atom. The summed E-state index contributed by atoms with van der Waals surface area (Å²) in [5.41, 5.74) is -0.866. The van der Waals surface area contributed by atoms with Crippen molar-refractivity contribution in [3.8, 4) is 0 Å². The molecule has 0 bridgehead atoms. The van der Waals surface area contributed by atoms with E-state index in [0.717, 1.165) is 21.7 Å². The van der Waals surface area contributed by atoms with Crippen LogP contribution in [0.4, 0.5) is 13.2 Å². The normalized spacial score (nSPS) is 11.9. The Balaban J connectivity index is 0.00000242. The number of nitrogens with zero attached hydrogens (tertiary/aromatic N) is 3. The van der Waals surface area contributed by atoms with Crippen LogP contribution in [0.25, 0.3) is 0 Å². The van der Waals surface area contributed by atoms with E-state index in [4.69, 9.17) is 0 Å². The zero-order valence-corrected chi connectivity index (χ0v) is 15.3. The van der Waals surface area contributed by atoms with E-state index >= 15 is 0 Å². The molecule has 0 aliphatic heterocycles. The Hall–Kier alpha value is -0.950. The largest absolute Gasteiger partial charge is 0.434 e. The Bertz CT molecular complexity index is 597. The van der Waals surface area contributed by atoms with E-state index in [0.29, 0.717) is 17.5 Å². The summed E-state index contributed by atoms with van der Waals surface area (Å²) < 4.78 is 37.3. The molecule has 0 saturated carbocycles. The summed E-state index contributed by atoms with van der Waals surface area (Å²) in [6.45, 7) is 0.682. The van der Waals surface area contributed by atoms with Crippen molar-refractivity contribution >= 4 is 52.6 Å². The van der Waals surface area contributed by atoms with Crippen LogP contribution in [-0.4, -0.2) is 23.0 Å². The van der Waals surface area contributed by atoms with Gasteiger partial charge in [-0.05, 0) is 0 Å². The highest BCUT2D eigenvalue weighted by atomic mass is 127. The van der Waals surface area contributed by atoms with Gasteiger partial charge in [0.1, 0.15) is 10.0 Å². The van der Waals surface area contributed by atoms with Crippen LogP contribution < -0.4 is 10.6 Å². The number of hydrogen-bond acceptors (Lipinski definition) is 5. The van der Waals surface area contributed by atoms with E-state index in [1.165, 1.54) is 11.3 Å². The van der Waals surface area contributed by atoms with Gasteiger partial charge >= 0.3 is 6.18 Å². The van der Waals surface area contributed by atoms with Gasteiger partial charge in [0.2, 0.25) is 0 Å². The first-order valence-electron chi connectivity index (χ1n) is 5.83. The number of thiazole rings is 2. The maximum Gasteiger partial charge on any atom is 0.434 e. The maximum absolute atomic E-state index is 12.4. The SMILES string of the molecule is CN=C(NCc1nccs1)NCc1nc(C(F)(F)F)cs1.I. The third kappa shape index (κ3) is 5.68. The first kappa shape index (κ1) is 19.1. The van der Waals surface area contributed by atoms with Crippen LogP contribution in [0.1, 0.15) is 15.7 Å². The van der Waals surface area contributed by atoms with Gasteiger partial charge in [-0.25, -0.2) is 9.97 Å². The van der Waals surface area contributed by atoms with Gasteiger partial charge < -0.3 is 10.6 Å². The molecule has 0 unspecified atom stereocenters. The molecular weight excluding hydrogens is 450 g/mol. The smallest absolute Gasteiger partial charge is 0.350 e. The number of nitrogens with one attached hydrogen (secondary N) is 2. The monoisotopic (exact) mass is 463 g/mol. The molecule has 0 aromatic carbocycles. The van der Waals surface area contributed by atoms with Gasteiger partial charge in [-0.15, -0.1) is 46.7 Å². The number of aliphatic imine (C=N–C) groups is 1. The first-order chi connectivity index (χ1) is 9.99. The zero-order valence-electron chi connectivity index (χ0n) is 11.3. The number of halogens is 4. The van der Waals surface area contributed by atoms with Gasteiger partial charge in [0, 0.05) is 24.0 Å². The van der Waals surface area contributed by atoms with Crippen molar-refractivity contribution in [2.24, 2.45) is 4.99 Å². The fourth-order valence-corrected chi connectivity index (χ4v) is 2.70. The molecular formula is C11H13F3IN5S2. The van der Waals surface area contributed by atoms with E-state index in [9.17, 15) is 13.2 Å². The summed E-state index contributed by atoms with van der Waals surface area (Å²) >= 11 is 2.46. The van der Waals surface area contributed by atoms with Crippen LogP contribution in [0.3, 0.4) is 0 Å². The van der Waals surface area contributed by atoms with Crippen LogP contribution in [0, 0.1) is 0 Å². The van der Waals surface area contributed by atoms with Crippen LogP contribution in [0.5, 0.6) is 0 Å². The van der Waals surface area contributed by atoms with E-state index in [1.54, 1.807) is 13.2 Å². The summed E-state index contributed by atoms with van der Waals surface area (Å²) in [5.74, 6) is 0.481. The third-order valence-corrected chi connectivity index (χ3v) is 3.99. The lowest BCUT2D eigenvalue weighted by molar-refractivity contribution is -0.140. The molecule has 0 atom stereocenters. The van der Waals surface area contributed by atoms with Gasteiger partial charge in [0.15, 0.2) is 11.7 Å². The molecule has 5 nitrogen and oxygen atoms in total. The summed E-state index contributed by atoms with van der Waals surface area (Å²) in [6, 6.07) is 0. The highest BCUT2D eigenvalue weighted by Gasteiger charge is 2.33. The molecule has 0 saturated heterocycles. The second-order valence-corrected chi connectivity index (χ2v) is 5.75. The minimum atomic E-state index is -4.40. The maximum atomic E-state index is 12.4. The van der Waals surface area contributed by atoms with Crippen molar-refractivity contribution in [2.45, 2.75) is 19.3 Å². The van der Waals surface area contributed by atoms with Crippen LogP contribution in [0.15, 0.2) is 21.9 Å². The Morgan fingerprint density at radius 3 is 2.41 bits per heavy atom. The number of guanidine groups is 1. The predicted molar refractivity (Wildman–Crippen MR) is 91.7 cm³/mol. The lowest BCUT2D eigenvalue weighted by Crippen LogP contribution is -2.36. The molecule has 0 amide bonds. The van der Waals surface area contributed by atoms with Crippen LogP contribution in [-0.2, 0) is 19.3 Å². The van der Waals surface area contributed by atoms with Crippen molar-refractivity contribution in [1.29, 1.82) is 0 Å².